The summed E-state index contributed by atoms with van der Waals surface area (Å²) in [5.74, 6) is -0.942. The number of allylic oxidation sites excluding steroid dienone is 1. The first-order valence-corrected chi connectivity index (χ1v) is 6.66. The number of hydrogen-bond donors (Lipinski definition) is 1. The number of ether oxygens (including phenoxy) is 1. The number of amides is 1. The lowest BCUT2D eigenvalue weighted by Gasteiger charge is -2.05. The van der Waals surface area contributed by atoms with Gasteiger partial charge in [-0.05, 0) is 23.8 Å². The Hall–Kier alpha value is -2.95. The number of nitrogens with zero attached hydrogens (tertiary/aromatic N) is 1. The van der Waals surface area contributed by atoms with Crippen LogP contribution in [0.15, 0.2) is 65.8 Å². The molecule has 0 aliphatic rings. The fraction of sp³-hybridized carbons (Fsp3) is 0.0588. The number of benzene rings is 2. The van der Waals surface area contributed by atoms with Gasteiger partial charge in [0, 0.05) is 6.21 Å². The summed E-state index contributed by atoms with van der Waals surface area (Å²) in [6.45, 7) is -0.305. The minimum absolute atomic E-state index is 0.0330. The lowest BCUT2D eigenvalue weighted by atomic mass is 10.2. The summed E-state index contributed by atoms with van der Waals surface area (Å²) in [5.41, 5.74) is 3.32. The molecular formula is C17H15FN2O2. The van der Waals surface area contributed by atoms with E-state index >= 15 is 0 Å². The normalized spacial score (nSPS) is 11.0. The molecule has 0 aromatic heterocycles. The molecule has 0 saturated carbocycles. The summed E-state index contributed by atoms with van der Waals surface area (Å²) in [7, 11) is 0. The fourth-order valence-corrected chi connectivity index (χ4v) is 1.61. The van der Waals surface area contributed by atoms with Crippen LogP contribution >= 0.6 is 0 Å². The highest BCUT2D eigenvalue weighted by Gasteiger charge is 2.04. The largest absolute Gasteiger partial charge is 0.481 e. The second-order valence-electron chi connectivity index (χ2n) is 4.30. The molecule has 0 aliphatic heterocycles. The van der Waals surface area contributed by atoms with Crippen LogP contribution in [0.2, 0.25) is 0 Å². The third kappa shape index (κ3) is 5.20. The highest BCUT2D eigenvalue weighted by molar-refractivity contribution is 5.81. The van der Waals surface area contributed by atoms with Gasteiger partial charge in [-0.3, -0.25) is 4.79 Å². The summed E-state index contributed by atoms with van der Waals surface area (Å²) in [4.78, 5) is 11.5. The lowest BCUT2D eigenvalue weighted by molar-refractivity contribution is -0.123. The van der Waals surface area contributed by atoms with E-state index in [-0.39, 0.29) is 12.4 Å². The number of hydrazone groups is 1. The van der Waals surface area contributed by atoms with Gasteiger partial charge in [0.15, 0.2) is 18.2 Å². The topological polar surface area (TPSA) is 50.7 Å². The predicted molar refractivity (Wildman–Crippen MR) is 84.0 cm³/mol. The number of halogens is 1. The molecule has 1 amide bonds. The Morgan fingerprint density at radius 1 is 1.14 bits per heavy atom. The van der Waals surface area contributed by atoms with Crippen molar-refractivity contribution in [3.05, 3.63) is 72.1 Å². The van der Waals surface area contributed by atoms with Crippen molar-refractivity contribution in [2.75, 3.05) is 6.61 Å². The van der Waals surface area contributed by atoms with Crippen LogP contribution in [0.4, 0.5) is 4.39 Å². The van der Waals surface area contributed by atoms with Gasteiger partial charge in [-0.1, -0.05) is 48.5 Å². The van der Waals surface area contributed by atoms with Crippen molar-refractivity contribution < 1.29 is 13.9 Å². The Morgan fingerprint density at radius 2 is 1.86 bits per heavy atom. The van der Waals surface area contributed by atoms with Crippen molar-refractivity contribution in [3.8, 4) is 5.75 Å². The summed E-state index contributed by atoms with van der Waals surface area (Å²) in [6.07, 6.45) is 5.01. The van der Waals surface area contributed by atoms with Gasteiger partial charge in [-0.25, -0.2) is 9.82 Å². The highest BCUT2D eigenvalue weighted by atomic mass is 19.1. The predicted octanol–water partition coefficient (Wildman–Crippen LogP) is 3.02. The molecule has 0 spiro atoms. The van der Waals surface area contributed by atoms with Gasteiger partial charge in [-0.2, -0.15) is 5.10 Å². The molecule has 4 nitrogen and oxygen atoms in total. The zero-order valence-corrected chi connectivity index (χ0v) is 11.8. The molecule has 2 aromatic carbocycles. The molecule has 2 aromatic rings. The number of carbonyl (C=O) groups excluding carboxylic acids is 1. The molecule has 0 bridgehead atoms. The van der Waals surface area contributed by atoms with Gasteiger partial charge in [0.25, 0.3) is 5.91 Å². The average molecular weight is 298 g/mol. The number of para-hydroxylation sites is 1. The Labute approximate surface area is 127 Å². The van der Waals surface area contributed by atoms with Gasteiger partial charge >= 0.3 is 0 Å². The maximum atomic E-state index is 13.3. The van der Waals surface area contributed by atoms with Crippen molar-refractivity contribution >= 4 is 18.2 Å². The van der Waals surface area contributed by atoms with Crippen molar-refractivity contribution in [1.82, 2.24) is 5.43 Å². The monoisotopic (exact) mass is 298 g/mol. The number of nitrogens with one attached hydrogen (secondary N) is 1. The maximum Gasteiger partial charge on any atom is 0.277 e. The van der Waals surface area contributed by atoms with Crippen LogP contribution in [0, 0.1) is 5.82 Å². The van der Waals surface area contributed by atoms with Crippen LogP contribution in [0.25, 0.3) is 6.08 Å². The van der Waals surface area contributed by atoms with E-state index in [0.29, 0.717) is 0 Å². The van der Waals surface area contributed by atoms with Crippen molar-refractivity contribution in [1.29, 1.82) is 0 Å². The van der Waals surface area contributed by atoms with Gasteiger partial charge in [0.1, 0.15) is 0 Å². The van der Waals surface area contributed by atoms with Crippen molar-refractivity contribution in [2.24, 2.45) is 5.10 Å². The van der Waals surface area contributed by atoms with E-state index in [1.165, 1.54) is 18.3 Å². The quantitative estimate of drug-likeness (QED) is 0.658. The molecule has 112 valence electrons. The molecule has 0 unspecified atom stereocenters. The van der Waals surface area contributed by atoms with Crippen LogP contribution in [0.5, 0.6) is 5.75 Å². The van der Waals surface area contributed by atoms with E-state index in [4.69, 9.17) is 4.74 Å². The molecule has 2 rings (SSSR count). The van der Waals surface area contributed by atoms with E-state index < -0.39 is 11.7 Å². The lowest BCUT2D eigenvalue weighted by Crippen LogP contribution is -2.24. The zero-order chi connectivity index (χ0) is 15.6. The second-order valence-corrected chi connectivity index (χ2v) is 4.30. The summed E-state index contributed by atoms with van der Waals surface area (Å²) in [5, 5.41) is 3.74. The van der Waals surface area contributed by atoms with Crippen molar-refractivity contribution in [3.63, 3.8) is 0 Å². The molecule has 5 heteroatoms. The molecule has 0 atom stereocenters. The molecular weight excluding hydrogens is 283 g/mol. The number of carbonyl (C=O) groups is 1. The van der Waals surface area contributed by atoms with Crippen LogP contribution in [-0.2, 0) is 4.79 Å². The minimum Gasteiger partial charge on any atom is -0.481 e. The average Bonchev–Trinajstić information content (AvgIpc) is 2.55. The molecule has 22 heavy (non-hydrogen) atoms. The molecule has 0 radical (unpaired) electrons. The molecule has 0 heterocycles. The number of hydrogen-bond acceptors (Lipinski definition) is 3. The SMILES string of the molecule is O=C(COc1ccccc1F)N/N=C\C=C\c1ccccc1. The Bertz CT molecular complexity index is 669. The third-order valence-electron chi connectivity index (χ3n) is 2.63. The first-order valence-electron chi connectivity index (χ1n) is 6.66. The van der Waals surface area contributed by atoms with Gasteiger partial charge in [0.05, 0.1) is 0 Å². The summed E-state index contributed by atoms with van der Waals surface area (Å²) >= 11 is 0. The fourth-order valence-electron chi connectivity index (χ4n) is 1.61. The Morgan fingerprint density at radius 3 is 2.64 bits per heavy atom. The molecule has 0 fully saturated rings. The van der Waals surface area contributed by atoms with Gasteiger partial charge in [0.2, 0.25) is 0 Å². The van der Waals surface area contributed by atoms with Crippen molar-refractivity contribution in [2.45, 2.75) is 0 Å². The standard InChI is InChI=1S/C17H15FN2O2/c18-15-10-4-5-11-16(15)22-13-17(21)20-19-12-6-9-14-7-2-1-3-8-14/h1-12H,13H2,(H,20,21)/b9-6+,19-12-. The first-order chi connectivity index (χ1) is 10.8. The van der Waals surface area contributed by atoms with E-state index in [1.54, 1.807) is 18.2 Å². The van der Waals surface area contributed by atoms with Crippen LogP contribution in [0.1, 0.15) is 5.56 Å². The van der Waals surface area contributed by atoms with E-state index in [0.717, 1.165) is 5.56 Å². The molecule has 0 saturated heterocycles. The highest BCUT2D eigenvalue weighted by Crippen LogP contribution is 2.14. The zero-order valence-electron chi connectivity index (χ0n) is 11.8. The van der Waals surface area contributed by atoms with E-state index in [2.05, 4.69) is 10.5 Å². The van der Waals surface area contributed by atoms with E-state index in [9.17, 15) is 9.18 Å². The molecule has 1 N–H and O–H groups in total. The Kier molecular flexibility index (Phi) is 5.87. The maximum absolute atomic E-state index is 13.3. The van der Waals surface area contributed by atoms with Gasteiger partial charge < -0.3 is 4.74 Å². The summed E-state index contributed by atoms with van der Waals surface area (Å²) < 4.78 is 18.3. The second kappa shape index (κ2) is 8.36. The van der Waals surface area contributed by atoms with E-state index in [1.807, 2.05) is 36.4 Å². The first kappa shape index (κ1) is 15.4. The molecule has 0 aliphatic carbocycles. The number of rotatable bonds is 6. The third-order valence-corrected chi connectivity index (χ3v) is 2.63. The van der Waals surface area contributed by atoms with Crippen LogP contribution in [0.3, 0.4) is 0 Å². The van der Waals surface area contributed by atoms with Crippen LogP contribution in [-0.4, -0.2) is 18.7 Å². The Balaban J connectivity index is 1.73. The smallest absolute Gasteiger partial charge is 0.277 e. The summed E-state index contributed by atoms with van der Waals surface area (Å²) in [6, 6.07) is 15.6. The van der Waals surface area contributed by atoms with Gasteiger partial charge in [-0.15, -0.1) is 0 Å². The minimum atomic E-state index is -0.510. The van der Waals surface area contributed by atoms with Crippen LogP contribution < -0.4 is 10.2 Å².